The van der Waals surface area contributed by atoms with E-state index in [-0.39, 0.29) is 12.0 Å². The zero-order valence-corrected chi connectivity index (χ0v) is 25.7. The van der Waals surface area contributed by atoms with Crippen LogP contribution in [0.25, 0.3) is 10.8 Å². The summed E-state index contributed by atoms with van der Waals surface area (Å²) in [4.78, 5) is 17.3. The van der Waals surface area contributed by atoms with Gasteiger partial charge in [0.2, 0.25) is 0 Å². The number of aromatic nitrogens is 4. The van der Waals surface area contributed by atoms with Crippen molar-refractivity contribution in [1.82, 2.24) is 24.6 Å². The van der Waals surface area contributed by atoms with Gasteiger partial charge in [-0.15, -0.1) is 0 Å². The van der Waals surface area contributed by atoms with E-state index >= 15 is 0 Å². The molecule has 0 bridgehead atoms. The minimum absolute atomic E-state index is 0.0423. The lowest BCUT2D eigenvalue weighted by atomic mass is 9.98. The lowest BCUT2D eigenvalue weighted by molar-refractivity contribution is 0.182. The number of fused-ring (bicyclic) bond motifs is 3. The van der Waals surface area contributed by atoms with Crippen molar-refractivity contribution in [3.8, 4) is 6.01 Å². The summed E-state index contributed by atoms with van der Waals surface area (Å²) in [6, 6.07) is 15.8. The lowest BCUT2D eigenvalue weighted by Crippen LogP contribution is -2.35. The highest BCUT2D eigenvalue weighted by molar-refractivity contribution is 5.97. The highest BCUT2D eigenvalue weighted by Gasteiger charge is 2.44. The first kappa shape index (κ1) is 28.1. The fourth-order valence-corrected chi connectivity index (χ4v) is 7.07. The molecule has 1 saturated carbocycles. The third-order valence-corrected chi connectivity index (χ3v) is 9.36. The second-order valence-corrected chi connectivity index (χ2v) is 12.9. The summed E-state index contributed by atoms with van der Waals surface area (Å²) in [5.74, 6) is 0.990. The Bertz CT molecular complexity index is 1620. The number of benzene rings is 2. The number of hydrogen-bond donors (Lipinski definition) is 1. The number of nitrogens with zero attached hydrogens (tertiary/aromatic N) is 7. The van der Waals surface area contributed by atoms with E-state index < -0.39 is 0 Å². The summed E-state index contributed by atoms with van der Waals surface area (Å²) in [5.41, 5.74) is 6.97. The number of anilines is 2. The number of rotatable bonds is 9. The standard InChI is InChI=1S/C34H43N7O2/c1-4-24-8-5-9-25-10-6-11-30(31(24)25)39-17-12-28-29(20-39)35-33(43-23-34(13-14-34)22-38(2)3)36-32(28)40-15-7-16-41-27(19-40)18-26(21-42)37-41/h5-6,8-11,18,42H,4,7,12-17,19-23H2,1-3H3. The molecule has 9 nitrogen and oxygen atoms in total. The number of ether oxygens (including phenoxy) is 1. The smallest absolute Gasteiger partial charge is 0.318 e. The number of aliphatic hydroxyl groups excluding tert-OH is 1. The van der Waals surface area contributed by atoms with Gasteiger partial charge < -0.3 is 24.5 Å². The molecule has 43 heavy (non-hydrogen) atoms. The zero-order valence-electron chi connectivity index (χ0n) is 25.7. The molecule has 0 radical (unpaired) electrons. The Balaban J connectivity index is 1.25. The summed E-state index contributed by atoms with van der Waals surface area (Å²) in [7, 11) is 4.26. The molecular formula is C34H43N7O2. The van der Waals surface area contributed by atoms with E-state index in [9.17, 15) is 5.11 Å². The van der Waals surface area contributed by atoms with Gasteiger partial charge in [-0.25, -0.2) is 0 Å². The topological polar surface area (TPSA) is 82.8 Å². The van der Waals surface area contributed by atoms with Gasteiger partial charge in [-0.2, -0.15) is 15.1 Å². The van der Waals surface area contributed by atoms with Crippen molar-refractivity contribution in [3.63, 3.8) is 0 Å². The van der Waals surface area contributed by atoms with Crippen LogP contribution in [0.1, 0.15) is 54.4 Å². The maximum atomic E-state index is 9.70. The average molecular weight is 582 g/mol. The monoisotopic (exact) mass is 581 g/mol. The average Bonchev–Trinajstić information content (AvgIpc) is 3.72. The highest BCUT2D eigenvalue weighted by atomic mass is 16.5. The van der Waals surface area contributed by atoms with E-state index in [1.807, 2.05) is 10.7 Å². The van der Waals surface area contributed by atoms with E-state index in [2.05, 4.69) is 77.2 Å². The van der Waals surface area contributed by atoms with E-state index in [1.54, 1.807) is 0 Å². The van der Waals surface area contributed by atoms with Gasteiger partial charge in [-0.1, -0.05) is 37.3 Å². The lowest BCUT2D eigenvalue weighted by Gasteiger charge is -2.34. The molecule has 1 aliphatic carbocycles. The van der Waals surface area contributed by atoms with Crippen LogP contribution in [0.5, 0.6) is 6.01 Å². The second kappa shape index (κ2) is 11.4. The van der Waals surface area contributed by atoms with Crippen molar-refractivity contribution >= 4 is 22.3 Å². The molecule has 4 aromatic rings. The molecule has 2 aromatic carbocycles. The van der Waals surface area contributed by atoms with Crippen LogP contribution in [0.2, 0.25) is 0 Å². The predicted octanol–water partition coefficient (Wildman–Crippen LogP) is 4.57. The first-order chi connectivity index (χ1) is 20.9. The molecule has 1 fully saturated rings. The number of aliphatic hydroxyl groups is 1. The van der Waals surface area contributed by atoms with Crippen LogP contribution in [0, 0.1) is 5.41 Å². The molecule has 0 amide bonds. The van der Waals surface area contributed by atoms with Crippen LogP contribution in [-0.4, -0.2) is 70.1 Å². The van der Waals surface area contributed by atoms with Crippen molar-refractivity contribution in [1.29, 1.82) is 0 Å². The van der Waals surface area contributed by atoms with Crippen molar-refractivity contribution in [2.45, 2.75) is 65.3 Å². The molecule has 1 N–H and O–H groups in total. The van der Waals surface area contributed by atoms with Crippen molar-refractivity contribution in [3.05, 3.63) is 70.7 Å². The quantitative estimate of drug-likeness (QED) is 0.308. The third-order valence-electron chi connectivity index (χ3n) is 9.36. The summed E-state index contributed by atoms with van der Waals surface area (Å²) in [6.45, 7) is 7.91. The molecule has 0 unspecified atom stereocenters. The molecular weight excluding hydrogens is 538 g/mol. The summed E-state index contributed by atoms with van der Waals surface area (Å²) >= 11 is 0. The summed E-state index contributed by atoms with van der Waals surface area (Å²) < 4.78 is 8.50. The van der Waals surface area contributed by atoms with Crippen LogP contribution >= 0.6 is 0 Å². The predicted molar refractivity (Wildman–Crippen MR) is 170 cm³/mol. The number of aryl methyl sites for hydroxylation is 2. The van der Waals surface area contributed by atoms with Gasteiger partial charge in [0, 0.05) is 48.2 Å². The summed E-state index contributed by atoms with van der Waals surface area (Å²) in [5, 5.41) is 16.9. The molecule has 4 heterocycles. The van der Waals surface area contributed by atoms with Crippen LogP contribution in [0.4, 0.5) is 11.5 Å². The fraction of sp³-hybridized carbons (Fsp3) is 0.500. The minimum atomic E-state index is -0.0423. The van der Waals surface area contributed by atoms with Gasteiger partial charge >= 0.3 is 6.01 Å². The van der Waals surface area contributed by atoms with Crippen molar-refractivity contribution < 1.29 is 9.84 Å². The zero-order chi connectivity index (χ0) is 29.6. The SMILES string of the molecule is CCc1cccc2cccc(N3CCc4c(nc(OCC5(CN(C)C)CC5)nc4N4CCCn5nc(CO)cc5C4)C3)c12. The van der Waals surface area contributed by atoms with Gasteiger partial charge in [0.1, 0.15) is 5.82 Å². The van der Waals surface area contributed by atoms with Gasteiger partial charge in [0.05, 0.1) is 43.4 Å². The van der Waals surface area contributed by atoms with E-state index in [0.717, 1.165) is 74.9 Å². The third kappa shape index (κ3) is 5.56. The van der Waals surface area contributed by atoms with Crippen LogP contribution < -0.4 is 14.5 Å². The normalized spacial score (nSPS) is 17.6. The Kier molecular flexibility index (Phi) is 7.47. The molecule has 0 spiro atoms. The fourth-order valence-electron chi connectivity index (χ4n) is 7.07. The molecule has 0 atom stereocenters. The first-order valence-electron chi connectivity index (χ1n) is 15.8. The largest absolute Gasteiger partial charge is 0.463 e. The van der Waals surface area contributed by atoms with Crippen LogP contribution in [0.3, 0.4) is 0 Å². The van der Waals surface area contributed by atoms with Gasteiger partial charge in [0.25, 0.3) is 0 Å². The van der Waals surface area contributed by atoms with E-state index in [1.165, 1.54) is 40.4 Å². The van der Waals surface area contributed by atoms with Crippen molar-refractivity contribution in [2.24, 2.45) is 5.41 Å². The van der Waals surface area contributed by atoms with Gasteiger partial charge in [0.15, 0.2) is 0 Å². The van der Waals surface area contributed by atoms with E-state index in [4.69, 9.17) is 14.7 Å². The van der Waals surface area contributed by atoms with Crippen LogP contribution in [-0.2, 0) is 39.1 Å². The molecule has 2 aromatic heterocycles. The first-order valence-corrected chi connectivity index (χ1v) is 15.8. The van der Waals surface area contributed by atoms with Crippen molar-refractivity contribution in [2.75, 3.05) is 50.1 Å². The minimum Gasteiger partial charge on any atom is -0.463 e. The molecule has 9 heteroatoms. The molecule has 226 valence electrons. The molecule has 2 aliphatic heterocycles. The maximum Gasteiger partial charge on any atom is 0.318 e. The second-order valence-electron chi connectivity index (χ2n) is 12.9. The Morgan fingerprint density at radius 2 is 1.84 bits per heavy atom. The van der Waals surface area contributed by atoms with E-state index in [0.29, 0.717) is 19.2 Å². The van der Waals surface area contributed by atoms with Gasteiger partial charge in [-0.05, 0) is 69.3 Å². The van der Waals surface area contributed by atoms with Crippen LogP contribution in [0.15, 0.2) is 42.5 Å². The molecule has 3 aliphatic rings. The summed E-state index contributed by atoms with van der Waals surface area (Å²) in [6.07, 6.45) is 5.20. The Hall–Kier alpha value is -3.69. The molecule has 7 rings (SSSR count). The Morgan fingerprint density at radius 3 is 2.60 bits per heavy atom. The molecule has 0 saturated heterocycles. The number of hydrogen-bond acceptors (Lipinski definition) is 8. The maximum absolute atomic E-state index is 9.70. The highest BCUT2D eigenvalue weighted by Crippen LogP contribution is 2.46. The Morgan fingerprint density at radius 1 is 1.00 bits per heavy atom. The Labute approximate surface area is 254 Å². The van der Waals surface area contributed by atoms with Gasteiger partial charge in [-0.3, -0.25) is 4.68 Å².